The quantitative estimate of drug-likeness (QED) is 0.403. The minimum atomic E-state index is -2.41. The summed E-state index contributed by atoms with van der Waals surface area (Å²) in [6.45, 7) is 30.6. The number of hydrogen-bond acceptors (Lipinski definition) is 2. The maximum Gasteiger partial charge on any atom is 0.326 e. The highest BCUT2D eigenvalue weighted by Gasteiger charge is 2.58. The first-order chi connectivity index (χ1) is 13.0. The van der Waals surface area contributed by atoms with Crippen LogP contribution in [0.25, 0.3) is 0 Å². The Morgan fingerprint density at radius 2 is 0.793 bits per heavy atom. The molecule has 2 aliphatic heterocycles. The van der Waals surface area contributed by atoms with Crippen molar-refractivity contribution < 1.29 is 0 Å². The molecule has 0 spiro atoms. The molecule has 0 N–H and O–H groups in total. The molecule has 0 aromatic rings. The first-order valence-electron chi connectivity index (χ1n) is 12.8. The molecule has 2 rings (SSSR count). The summed E-state index contributed by atoms with van der Waals surface area (Å²) in [5.41, 5.74) is 1.17. The lowest BCUT2D eigenvalue weighted by Crippen LogP contribution is -2.83. The molecule has 0 aromatic heterocycles. The molecule has 0 saturated carbocycles. The predicted octanol–water partition coefficient (Wildman–Crippen LogP) is 7.83. The SMILES string of the molecule is CC(C)[CH2][Al-]([CH2]C(C)C)([N]1C(C)(C)CCCC1(C)C)[N]1C(C)(C)CCCC1(C)C. The molecule has 0 aliphatic carbocycles. The highest BCUT2D eigenvalue weighted by Crippen LogP contribution is 2.53. The van der Waals surface area contributed by atoms with Crippen LogP contribution in [-0.2, 0) is 0 Å². The molecule has 0 atom stereocenters. The molecule has 0 radical (unpaired) electrons. The first-order valence-corrected chi connectivity index (χ1v) is 15.4. The second-order valence-electron chi connectivity index (χ2n) is 14.1. The van der Waals surface area contributed by atoms with Crippen molar-refractivity contribution in [2.24, 2.45) is 11.8 Å². The maximum atomic E-state index is 3.21. The van der Waals surface area contributed by atoms with Crippen LogP contribution in [0.15, 0.2) is 0 Å². The van der Waals surface area contributed by atoms with Gasteiger partial charge in [-0.1, -0.05) is 108 Å². The van der Waals surface area contributed by atoms with E-state index in [0.29, 0.717) is 22.2 Å². The van der Waals surface area contributed by atoms with Gasteiger partial charge in [0, 0.05) is 0 Å². The van der Waals surface area contributed by atoms with Gasteiger partial charge >= 0.3 is 13.5 Å². The van der Waals surface area contributed by atoms with Crippen LogP contribution in [0.2, 0.25) is 10.6 Å². The van der Waals surface area contributed by atoms with Crippen molar-refractivity contribution in [1.29, 1.82) is 0 Å². The van der Waals surface area contributed by atoms with Gasteiger partial charge in [0.05, 0.1) is 0 Å². The third kappa shape index (κ3) is 5.10. The van der Waals surface area contributed by atoms with Crippen LogP contribution in [-0.4, -0.2) is 43.4 Å². The predicted molar refractivity (Wildman–Crippen MR) is 133 cm³/mol. The molecule has 2 nitrogen and oxygen atoms in total. The topological polar surface area (TPSA) is 6.48 Å². The van der Waals surface area contributed by atoms with Crippen molar-refractivity contribution in [2.45, 2.75) is 154 Å². The Morgan fingerprint density at radius 1 is 0.552 bits per heavy atom. The lowest BCUT2D eigenvalue weighted by molar-refractivity contribution is -0.0190. The van der Waals surface area contributed by atoms with Gasteiger partial charge in [0.15, 0.2) is 0 Å². The molecule has 0 bridgehead atoms. The molecule has 29 heavy (non-hydrogen) atoms. The van der Waals surface area contributed by atoms with E-state index in [-0.39, 0.29) is 0 Å². The Morgan fingerprint density at radius 3 is 1.00 bits per heavy atom. The molecular formula is C26H54AlN2-. The van der Waals surface area contributed by atoms with Gasteiger partial charge in [-0.2, -0.15) is 10.6 Å². The van der Waals surface area contributed by atoms with Crippen LogP contribution in [0.3, 0.4) is 0 Å². The van der Waals surface area contributed by atoms with Crippen molar-refractivity contribution in [2.75, 3.05) is 0 Å². The van der Waals surface area contributed by atoms with E-state index < -0.39 is 13.5 Å². The number of piperidine rings is 2. The molecule has 0 aromatic carbocycles. The lowest BCUT2D eigenvalue weighted by atomic mass is 9.82. The van der Waals surface area contributed by atoms with Gasteiger partial charge in [0.25, 0.3) is 0 Å². The summed E-state index contributed by atoms with van der Waals surface area (Å²) in [5.74, 6) is 1.50. The van der Waals surface area contributed by atoms with Crippen LogP contribution in [0, 0.1) is 11.8 Å². The standard InChI is InChI=1S/2C9H18N.2C4H9.Al/c2*1-8(2)6-5-7-9(3,4)10-8;2*1-4(2)3;/h2*5-7H2,1-4H3;2*4H,1H2,2-3H3;/q2*-1;;;+1. The highest BCUT2D eigenvalue weighted by atomic mass is 27.3. The third-order valence-corrected chi connectivity index (χ3v) is 16.5. The van der Waals surface area contributed by atoms with Gasteiger partial charge < -0.3 is 7.77 Å². The van der Waals surface area contributed by atoms with E-state index in [1.54, 1.807) is 0 Å². The van der Waals surface area contributed by atoms with E-state index in [0.717, 1.165) is 11.8 Å². The molecule has 2 aliphatic rings. The van der Waals surface area contributed by atoms with Gasteiger partial charge in [-0.3, -0.25) is 0 Å². The fourth-order valence-electron chi connectivity index (χ4n) is 8.77. The minimum Gasteiger partial charge on any atom is -0.491 e. The average molecular weight is 422 g/mol. The Kier molecular flexibility index (Phi) is 7.47. The summed E-state index contributed by atoms with van der Waals surface area (Å²) in [6.07, 6.45) is 8.15. The largest absolute Gasteiger partial charge is 0.491 e. The molecule has 0 amide bonds. The molecule has 2 fully saturated rings. The van der Waals surface area contributed by atoms with Gasteiger partial charge in [-0.25, -0.2) is 0 Å². The third-order valence-electron chi connectivity index (χ3n) is 8.42. The second-order valence-corrected chi connectivity index (χ2v) is 18.3. The van der Waals surface area contributed by atoms with E-state index >= 15 is 0 Å². The summed E-state index contributed by atoms with van der Waals surface area (Å²) in [6, 6.07) is 0. The molecule has 3 heteroatoms. The van der Waals surface area contributed by atoms with Gasteiger partial charge in [-0.05, 0) is 47.8 Å². The molecule has 2 saturated heterocycles. The van der Waals surface area contributed by atoms with E-state index in [1.165, 1.54) is 49.1 Å². The van der Waals surface area contributed by atoms with Crippen molar-refractivity contribution >= 4 is 13.5 Å². The molecule has 0 unspecified atom stereocenters. The second kappa shape index (κ2) is 8.42. The van der Waals surface area contributed by atoms with Crippen molar-refractivity contribution in [3.8, 4) is 0 Å². The molecular weight excluding hydrogens is 367 g/mol. The van der Waals surface area contributed by atoms with Crippen LogP contribution in [0.5, 0.6) is 0 Å². The zero-order valence-corrected chi connectivity index (χ0v) is 23.4. The van der Waals surface area contributed by atoms with Crippen LogP contribution < -0.4 is 0 Å². The maximum absolute atomic E-state index is 3.21. The van der Waals surface area contributed by atoms with Crippen LogP contribution in [0.4, 0.5) is 0 Å². The Hall–Kier alpha value is 0.452. The van der Waals surface area contributed by atoms with Gasteiger partial charge in [0.1, 0.15) is 0 Å². The monoisotopic (exact) mass is 421 g/mol. The van der Waals surface area contributed by atoms with Crippen molar-refractivity contribution in [3.05, 3.63) is 0 Å². The summed E-state index contributed by atoms with van der Waals surface area (Å²) in [7, 11) is 0. The van der Waals surface area contributed by atoms with E-state index in [1.807, 2.05) is 0 Å². The summed E-state index contributed by atoms with van der Waals surface area (Å²) in [4.78, 5) is 0. The van der Waals surface area contributed by atoms with Crippen LogP contribution >= 0.6 is 0 Å². The minimum absolute atomic E-state index is 0.291. The Bertz CT molecular complexity index is 477. The first kappa shape index (κ1) is 25.7. The number of hydrogen-bond donors (Lipinski definition) is 0. The van der Waals surface area contributed by atoms with Gasteiger partial charge in [0.2, 0.25) is 0 Å². The van der Waals surface area contributed by atoms with E-state index in [4.69, 9.17) is 0 Å². The zero-order chi connectivity index (χ0) is 22.5. The summed E-state index contributed by atoms with van der Waals surface area (Å²) in [5, 5.41) is 2.84. The molecule has 2 heterocycles. The highest BCUT2D eigenvalue weighted by molar-refractivity contribution is 6.75. The van der Waals surface area contributed by atoms with Crippen LogP contribution in [0.1, 0.15) is 122 Å². The Labute approximate surface area is 187 Å². The fraction of sp³-hybridized carbons (Fsp3) is 1.00. The average Bonchev–Trinajstić information content (AvgIpc) is 2.40. The Balaban J connectivity index is 2.83. The zero-order valence-electron chi connectivity index (χ0n) is 22.3. The van der Waals surface area contributed by atoms with E-state index in [2.05, 4.69) is 90.9 Å². The fourth-order valence-corrected chi connectivity index (χ4v) is 18.8. The number of nitrogens with zero attached hydrogens (tertiary/aromatic N) is 2. The number of rotatable bonds is 6. The normalized spacial score (nSPS) is 27.5. The lowest BCUT2D eigenvalue weighted by Gasteiger charge is -2.76. The summed E-state index contributed by atoms with van der Waals surface area (Å²) < 4.78 is 6.43. The van der Waals surface area contributed by atoms with Crippen molar-refractivity contribution in [3.63, 3.8) is 0 Å². The van der Waals surface area contributed by atoms with Crippen molar-refractivity contribution in [1.82, 2.24) is 7.77 Å². The smallest absolute Gasteiger partial charge is 0.326 e. The summed E-state index contributed by atoms with van der Waals surface area (Å²) >= 11 is -2.41. The molecule has 172 valence electrons. The van der Waals surface area contributed by atoms with E-state index in [9.17, 15) is 0 Å². The van der Waals surface area contributed by atoms with Gasteiger partial charge in [-0.15, -0.1) is 0 Å².